The molecule has 0 radical (unpaired) electrons. The second-order valence-corrected chi connectivity index (χ2v) is 8.38. The Morgan fingerprint density at radius 2 is 1.70 bits per heavy atom. The van der Waals surface area contributed by atoms with Gasteiger partial charge in [-0.05, 0) is 62.3 Å². The van der Waals surface area contributed by atoms with Gasteiger partial charge in [0, 0.05) is 16.9 Å². The molecule has 3 aromatic rings. The SMILES string of the molecule is O=C(NCCC=Cc1ccc(Cl)c(Br)c1)OCC1c2ccccc2-c2ccccc21. The highest BCUT2D eigenvalue weighted by atomic mass is 79.9. The quantitative estimate of drug-likeness (QED) is 0.382. The normalized spacial score (nSPS) is 12.6. The highest BCUT2D eigenvalue weighted by Gasteiger charge is 2.28. The maximum Gasteiger partial charge on any atom is 0.407 e. The first-order valence-corrected chi connectivity index (χ1v) is 11.0. The molecule has 3 aromatic carbocycles. The summed E-state index contributed by atoms with van der Waals surface area (Å²) in [5, 5.41) is 3.50. The molecule has 5 heteroatoms. The van der Waals surface area contributed by atoms with E-state index in [2.05, 4.69) is 45.5 Å². The molecule has 0 atom stereocenters. The lowest BCUT2D eigenvalue weighted by molar-refractivity contribution is 0.143. The largest absolute Gasteiger partial charge is 0.449 e. The predicted molar refractivity (Wildman–Crippen MR) is 126 cm³/mol. The summed E-state index contributed by atoms with van der Waals surface area (Å²) in [6, 6.07) is 22.4. The molecule has 1 amide bonds. The number of alkyl carbamates (subject to hydrolysis) is 1. The predicted octanol–water partition coefficient (Wildman–Crippen LogP) is 7.04. The van der Waals surface area contributed by atoms with Gasteiger partial charge in [-0.1, -0.05) is 78.4 Å². The molecule has 1 aliphatic rings. The molecular weight excluding hydrogens is 462 g/mol. The molecule has 0 aromatic heterocycles. The van der Waals surface area contributed by atoms with Crippen molar-refractivity contribution in [3.8, 4) is 11.1 Å². The van der Waals surface area contributed by atoms with Crippen molar-refractivity contribution in [3.63, 3.8) is 0 Å². The third-order valence-electron chi connectivity index (χ3n) is 5.18. The van der Waals surface area contributed by atoms with Crippen molar-refractivity contribution in [2.24, 2.45) is 0 Å². The van der Waals surface area contributed by atoms with E-state index in [1.807, 2.05) is 54.6 Å². The lowest BCUT2D eigenvalue weighted by Crippen LogP contribution is -2.26. The van der Waals surface area contributed by atoms with Gasteiger partial charge >= 0.3 is 6.09 Å². The molecule has 3 nitrogen and oxygen atoms in total. The molecule has 0 fully saturated rings. The van der Waals surface area contributed by atoms with Crippen LogP contribution in [0.2, 0.25) is 5.02 Å². The van der Waals surface area contributed by atoms with Gasteiger partial charge in [0.2, 0.25) is 0 Å². The minimum Gasteiger partial charge on any atom is -0.449 e. The highest BCUT2D eigenvalue weighted by molar-refractivity contribution is 9.10. The molecule has 0 unspecified atom stereocenters. The Hall–Kier alpha value is -2.56. The topological polar surface area (TPSA) is 38.3 Å². The van der Waals surface area contributed by atoms with Crippen molar-refractivity contribution in [2.45, 2.75) is 12.3 Å². The third-order valence-corrected chi connectivity index (χ3v) is 6.39. The van der Waals surface area contributed by atoms with Crippen LogP contribution in [0.5, 0.6) is 0 Å². The lowest BCUT2D eigenvalue weighted by atomic mass is 9.98. The van der Waals surface area contributed by atoms with E-state index in [0.717, 1.165) is 10.0 Å². The van der Waals surface area contributed by atoms with E-state index < -0.39 is 0 Å². The summed E-state index contributed by atoms with van der Waals surface area (Å²) in [4.78, 5) is 12.2. The fraction of sp³-hybridized carbons (Fsp3) is 0.160. The molecule has 152 valence electrons. The summed E-state index contributed by atoms with van der Waals surface area (Å²) in [6.07, 6.45) is 4.34. The van der Waals surface area contributed by atoms with E-state index in [-0.39, 0.29) is 12.0 Å². The van der Waals surface area contributed by atoms with Crippen LogP contribution in [0.15, 0.2) is 77.3 Å². The number of hydrogen-bond donors (Lipinski definition) is 1. The summed E-state index contributed by atoms with van der Waals surface area (Å²) < 4.78 is 6.40. The number of halogens is 2. The lowest BCUT2D eigenvalue weighted by Gasteiger charge is -2.14. The van der Waals surface area contributed by atoms with Crippen LogP contribution >= 0.6 is 27.5 Å². The smallest absolute Gasteiger partial charge is 0.407 e. The first-order valence-electron chi connectivity index (χ1n) is 9.84. The minimum atomic E-state index is -0.389. The average Bonchev–Trinajstić information content (AvgIpc) is 3.08. The monoisotopic (exact) mass is 481 g/mol. The van der Waals surface area contributed by atoms with Crippen LogP contribution in [-0.2, 0) is 4.74 Å². The second kappa shape index (κ2) is 9.50. The van der Waals surface area contributed by atoms with Crippen molar-refractivity contribution >= 4 is 39.7 Å². The zero-order valence-electron chi connectivity index (χ0n) is 16.3. The van der Waals surface area contributed by atoms with Gasteiger partial charge in [0.15, 0.2) is 0 Å². The maximum atomic E-state index is 12.2. The van der Waals surface area contributed by atoms with Gasteiger partial charge in [0.1, 0.15) is 6.61 Å². The zero-order chi connectivity index (χ0) is 20.9. The van der Waals surface area contributed by atoms with Crippen LogP contribution < -0.4 is 5.32 Å². The summed E-state index contributed by atoms with van der Waals surface area (Å²) in [7, 11) is 0. The first-order chi connectivity index (χ1) is 14.6. The summed E-state index contributed by atoms with van der Waals surface area (Å²) in [5.41, 5.74) is 5.92. The fourth-order valence-electron chi connectivity index (χ4n) is 3.74. The maximum absolute atomic E-state index is 12.2. The molecule has 0 saturated carbocycles. The molecule has 1 N–H and O–H groups in total. The first kappa shape index (κ1) is 20.7. The Morgan fingerprint density at radius 3 is 2.37 bits per heavy atom. The van der Waals surface area contributed by atoms with Crippen molar-refractivity contribution in [1.29, 1.82) is 0 Å². The Labute approximate surface area is 189 Å². The van der Waals surface area contributed by atoms with Gasteiger partial charge < -0.3 is 10.1 Å². The van der Waals surface area contributed by atoms with Gasteiger partial charge in [-0.2, -0.15) is 0 Å². The Bertz CT molecular complexity index is 1050. The molecule has 0 aliphatic heterocycles. The van der Waals surface area contributed by atoms with E-state index in [4.69, 9.17) is 16.3 Å². The van der Waals surface area contributed by atoms with Crippen molar-refractivity contribution in [3.05, 3.63) is 99.0 Å². The Balaban J connectivity index is 1.27. The van der Waals surface area contributed by atoms with E-state index in [1.54, 1.807) is 0 Å². The molecule has 0 bridgehead atoms. The second-order valence-electron chi connectivity index (χ2n) is 7.12. The standard InChI is InChI=1S/C25H21BrClNO2/c26-23-15-17(12-13-24(23)27)7-5-6-14-28-25(29)30-16-22-20-10-3-1-8-18(20)19-9-2-4-11-21(19)22/h1-5,7-13,15,22H,6,14,16H2,(H,28,29). The number of ether oxygens (including phenoxy) is 1. The Kier molecular flexibility index (Phi) is 6.56. The summed E-state index contributed by atoms with van der Waals surface area (Å²) >= 11 is 9.41. The van der Waals surface area contributed by atoms with Gasteiger partial charge in [0.05, 0.1) is 5.02 Å². The van der Waals surface area contributed by atoms with E-state index in [0.29, 0.717) is 24.6 Å². The van der Waals surface area contributed by atoms with E-state index >= 15 is 0 Å². The minimum absolute atomic E-state index is 0.0754. The van der Waals surface area contributed by atoms with Gasteiger partial charge in [0.25, 0.3) is 0 Å². The number of hydrogen-bond acceptors (Lipinski definition) is 2. The summed E-state index contributed by atoms with van der Waals surface area (Å²) in [6.45, 7) is 0.844. The number of carbonyl (C=O) groups is 1. The number of rotatable bonds is 6. The van der Waals surface area contributed by atoms with Crippen LogP contribution in [0.1, 0.15) is 29.0 Å². The fourth-order valence-corrected chi connectivity index (χ4v) is 4.26. The van der Waals surface area contributed by atoms with Gasteiger partial charge in [-0.25, -0.2) is 4.79 Å². The zero-order valence-corrected chi connectivity index (χ0v) is 18.6. The van der Waals surface area contributed by atoms with Crippen LogP contribution in [0.3, 0.4) is 0 Å². The van der Waals surface area contributed by atoms with Crippen molar-refractivity contribution < 1.29 is 9.53 Å². The summed E-state index contributed by atoms with van der Waals surface area (Å²) in [5.74, 6) is 0.0754. The molecule has 30 heavy (non-hydrogen) atoms. The number of fused-ring (bicyclic) bond motifs is 3. The van der Waals surface area contributed by atoms with Crippen molar-refractivity contribution in [1.82, 2.24) is 5.32 Å². The van der Waals surface area contributed by atoms with Crippen molar-refractivity contribution in [2.75, 3.05) is 13.2 Å². The van der Waals surface area contributed by atoms with Crippen LogP contribution in [0, 0.1) is 0 Å². The number of carbonyl (C=O) groups excluding carboxylic acids is 1. The molecule has 1 aliphatic carbocycles. The number of amides is 1. The number of nitrogens with one attached hydrogen (secondary N) is 1. The molecule has 0 spiro atoms. The van der Waals surface area contributed by atoms with E-state index in [1.165, 1.54) is 22.3 Å². The van der Waals surface area contributed by atoms with Gasteiger partial charge in [-0.15, -0.1) is 0 Å². The average molecular weight is 483 g/mol. The van der Waals surface area contributed by atoms with E-state index in [9.17, 15) is 4.79 Å². The van der Waals surface area contributed by atoms with Crippen LogP contribution in [0.25, 0.3) is 17.2 Å². The highest BCUT2D eigenvalue weighted by Crippen LogP contribution is 2.44. The Morgan fingerprint density at radius 1 is 1.03 bits per heavy atom. The molecule has 0 saturated heterocycles. The molecular formula is C25H21BrClNO2. The molecule has 4 rings (SSSR count). The molecule has 0 heterocycles. The van der Waals surface area contributed by atoms with Gasteiger partial charge in [-0.3, -0.25) is 0 Å². The third kappa shape index (κ3) is 4.61. The number of benzene rings is 3. The van der Waals surface area contributed by atoms with Crippen LogP contribution in [0.4, 0.5) is 4.79 Å². The van der Waals surface area contributed by atoms with Crippen LogP contribution in [-0.4, -0.2) is 19.2 Å².